The largest absolute Gasteiger partial charge is 0.454 e. The van der Waals surface area contributed by atoms with E-state index in [1.165, 1.54) is 64.2 Å². The maximum atomic E-state index is 13.5. The molecule has 1 aliphatic rings. The Hall–Kier alpha value is -4.46. The molecule has 1 rings (SSSR count). The summed E-state index contributed by atoms with van der Waals surface area (Å²) in [6.07, 6.45) is 81.6. The Labute approximate surface area is 543 Å². The Morgan fingerprint density at radius 3 is 1.21 bits per heavy atom. The quantitative estimate of drug-likeness (QED) is 0.0195. The van der Waals surface area contributed by atoms with Crippen LogP contribution in [0.3, 0.4) is 0 Å². The van der Waals surface area contributed by atoms with Gasteiger partial charge in [0.05, 0.1) is 25.4 Å². The van der Waals surface area contributed by atoms with E-state index in [0.717, 1.165) is 161 Å². The van der Waals surface area contributed by atoms with Gasteiger partial charge in [-0.2, -0.15) is 0 Å². The lowest BCUT2D eigenvalue weighted by Crippen LogP contribution is -2.61. The fourth-order valence-corrected chi connectivity index (χ4v) is 10.2. The number of hydrogen-bond donors (Lipinski definition) is 6. The number of allylic oxidation sites excluding steroid dienone is 23. The number of nitrogens with one attached hydrogen (secondary N) is 1. The average molecular weight is 1240 g/mol. The third-order valence-electron chi connectivity index (χ3n) is 15.7. The number of rotatable bonds is 59. The molecule has 1 heterocycles. The number of aliphatic hydroxyl groups excluding tert-OH is 5. The number of unbranched alkanes of at least 4 members (excludes halogenated alkanes) is 23. The maximum absolute atomic E-state index is 13.5. The van der Waals surface area contributed by atoms with Crippen molar-refractivity contribution in [3.8, 4) is 0 Å². The van der Waals surface area contributed by atoms with E-state index in [9.17, 15) is 35.1 Å². The molecule has 0 radical (unpaired) electrons. The molecule has 0 aromatic carbocycles. The lowest BCUT2D eigenvalue weighted by molar-refractivity contribution is -0.305. The van der Waals surface area contributed by atoms with E-state index in [2.05, 4.69) is 160 Å². The summed E-state index contributed by atoms with van der Waals surface area (Å²) >= 11 is 0. The normalized spacial score (nSPS) is 19.0. The Kier molecular flexibility index (Phi) is 59.1. The van der Waals surface area contributed by atoms with Gasteiger partial charge in [0.2, 0.25) is 5.91 Å². The van der Waals surface area contributed by atoms with E-state index in [1.807, 2.05) is 6.08 Å². The summed E-state index contributed by atoms with van der Waals surface area (Å²) in [4.78, 5) is 26.7. The molecule has 0 aromatic rings. The van der Waals surface area contributed by atoms with Crippen molar-refractivity contribution >= 4 is 11.9 Å². The van der Waals surface area contributed by atoms with Crippen LogP contribution in [0.15, 0.2) is 146 Å². The zero-order valence-electron chi connectivity index (χ0n) is 56.2. The van der Waals surface area contributed by atoms with Crippen LogP contribution in [0.25, 0.3) is 0 Å². The van der Waals surface area contributed by atoms with Gasteiger partial charge in [0.1, 0.15) is 24.4 Å². The van der Waals surface area contributed by atoms with Gasteiger partial charge in [0.25, 0.3) is 0 Å². The predicted molar refractivity (Wildman–Crippen MR) is 374 cm³/mol. The number of ether oxygens (including phenoxy) is 3. The summed E-state index contributed by atoms with van der Waals surface area (Å²) in [6, 6.07) is -1.04. The third-order valence-corrected chi connectivity index (χ3v) is 15.7. The molecule has 6 N–H and O–H groups in total. The third kappa shape index (κ3) is 50.8. The summed E-state index contributed by atoms with van der Waals surface area (Å²) < 4.78 is 17.7. The van der Waals surface area contributed by atoms with Crippen LogP contribution in [0.2, 0.25) is 0 Å². The highest BCUT2D eigenvalue weighted by Gasteiger charge is 2.47. The van der Waals surface area contributed by atoms with Crippen molar-refractivity contribution in [2.24, 2.45) is 0 Å². The maximum Gasteiger partial charge on any atom is 0.306 e. The van der Waals surface area contributed by atoms with E-state index in [-0.39, 0.29) is 19.4 Å². The van der Waals surface area contributed by atoms with Crippen LogP contribution in [0, 0.1) is 0 Å². The highest BCUT2D eigenvalue weighted by molar-refractivity contribution is 5.80. The minimum Gasteiger partial charge on any atom is -0.454 e. The van der Waals surface area contributed by atoms with E-state index in [1.54, 1.807) is 6.08 Å². The standard InChI is InChI=1S/C78H129NO10/c1-4-7-10-13-16-19-22-24-26-28-30-32-34-36-38-40-42-44-46-48-51-54-57-60-63-66-73(83)89-76-75(85)74(84)72(67-80)88-78(76)87-68-69(70(81)64-61-58-55-52-49-21-18-15-12-9-6-3)79-77(86)71(82)65-62-59-56-53-50-47-45-43-41-39-37-35-33-31-29-27-25-23-20-17-14-11-8-5-2/h7-8,10-11,16-17,19-20,24-27,30-33,36-39,43,45,61,64,69-72,74-76,78,80-82,84-85H,4-6,9,12-15,18,21-23,28-29,34-35,40-42,44,46-60,62-63,65-68H2,1-3H3,(H,79,86)/b10-7-,11-8-,19-16-,20-17-,26-24-,27-25-,32-30-,33-31-,38-36-,39-37-,45-43-,64-61+. The summed E-state index contributed by atoms with van der Waals surface area (Å²) in [5, 5.41) is 57.2. The second kappa shape index (κ2) is 63.7. The monoisotopic (exact) mass is 1240 g/mol. The predicted octanol–water partition coefficient (Wildman–Crippen LogP) is 18.5. The molecule has 11 nitrogen and oxygen atoms in total. The smallest absolute Gasteiger partial charge is 0.306 e. The van der Waals surface area contributed by atoms with Crippen molar-refractivity contribution in [2.45, 2.75) is 320 Å². The second-order valence-corrected chi connectivity index (χ2v) is 23.9. The number of aliphatic hydroxyl groups is 5. The van der Waals surface area contributed by atoms with Gasteiger partial charge in [-0.1, -0.05) is 289 Å². The molecule has 1 aliphatic heterocycles. The van der Waals surface area contributed by atoms with Crippen LogP contribution in [-0.2, 0) is 23.8 Å². The molecule has 1 amide bonds. The van der Waals surface area contributed by atoms with E-state index < -0.39 is 67.4 Å². The number of amides is 1. The van der Waals surface area contributed by atoms with Gasteiger partial charge in [-0.25, -0.2) is 0 Å². The van der Waals surface area contributed by atoms with Gasteiger partial charge >= 0.3 is 5.97 Å². The van der Waals surface area contributed by atoms with E-state index in [0.29, 0.717) is 12.8 Å². The molecule has 1 fully saturated rings. The van der Waals surface area contributed by atoms with Gasteiger partial charge in [0, 0.05) is 6.42 Å². The SMILES string of the molecule is CC/C=C\C/C=C\C/C=C\C/C=C\C/C=C\C/C=C\CCCCCCCC(O)C(=O)NC(COC1OC(CO)C(O)C(O)C1OC(=O)CCCCCCCCCCC/C=C\C/C=C\C/C=C\C/C=C\C/C=C\CC)C(O)/C=C/CCCCCCCCCCC. The minimum atomic E-state index is -1.63. The zero-order valence-corrected chi connectivity index (χ0v) is 56.2. The molecule has 0 spiro atoms. The number of esters is 1. The van der Waals surface area contributed by atoms with Crippen molar-refractivity contribution in [2.75, 3.05) is 13.2 Å². The average Bonchev–Trinajstić information content (AvgIpc) is 3.72. The van der Waals surface area contributed by atoms with Crippen LogP contribution in [0.1, 0.15) is 271 Å². The first-order valence-corrected chi connectivity index (χ1v) is 35.6. The molecular weight excluding hydrogens is 1110 g/mol. The summed E-state index contributed by atoms with van der Waals surface area (Å²) in [5.41, 5.74) is 0. The lowest BCUT2D eigenvalue weighted by Gasteiger charge is -2.41. The van der Waals surface area contributed by atoms with E-state index in [4.69, 9.17) is 14.2 Å². The molecule has 0 bridgehead atoms. The molecule has 0 aliphatic carbocycles. The van der Waals surface area contributed by atoms with Crippen molar-refractivity contribution < 1.29 is 49.3 Å². The molecule has 0 saturated carbocycles. The molecule has 1 saturated heterocycles. The lowest BCUT2D eigenvalue weighted by atomic mass is 9.99. The van der Waals surface area contributed by atoms with Crippen LogP contribution < -0.4 is 5.32 Å². The fraction of sp³-hybridized carbons (Fsp3) is 0.667. The Bertz CT molecular complexity index is 2010. The van der Waals surface area contributed by atoms with Crippen LogP contribution >= 0.6 is 0 Å². The van der Waals surface area contributed by atoms with Crippen molar-refractivity contribution in [3.05, 3.63) is 146 Å². The summed E-state index contributed by atoms with van der Waals surface area (Å²) in [6.45, 7) is 5.55. The first kappa shape index (κ1) is 82.6. The zero-order chi connectivity index (χ0) is 64.6. The van der Waals surface area contributed by atoms with Gasteiger partial charge < -0.3 is 45.1 Å². The minimum absolute atomic E-state index is 0.106. The molecule has 8 atom stereocenters. The Balaban J connectivity index is 2.58. The van der Waals surface area contributed by atoms with E-state index >= 15 is 0 Å². The van der Waals surface area contributed by atoms with Gasteiger partial charge in [-0.15, -0.1) is 0 Å². The first-order chi connectivity index (χ1) is 43.7. The van der Waals surface area contributed by atoms with Crippen molar-refractivity contribution in [3.63, 3.8) is 0 Å². The Morgan fingerprint density at radius 2 is 0.809 bits per heavy atom. The fourth-order valence-electron chi connectivity index (χ4n) is 10.2. The molecule has 89 heavy (non-hydrogen) atoms. The summed E-state index contributed by atoms with van der Waals surface area (Å²) in [5.74, 6) is -1.22. The molecule has 11 heteroatoms. The highest BCUT2D eigenvalue weighted by Crippen LogP contribution is 2.26. The summed E-state index contributed by atoms with van der Waals surface area (Å²) in [7, 11) is 0. The first-order valence-electron chi connectivity index (χ1n) is 35.6. The molecule has 0 aromatic heterocycles. The van der Waals surface area contributed by atoms with Gasteiger partial charge in [-0.3, -0.25) is 9.59 Å². The Morgan fingerprint density at radius 1 is 0.449 bits per heavy atom. The van der Waals surface area contributed by atoms with Crippen LogP contribution in [0.5, 0.6) is 0 Å². The van der Waals surface area contributed by atoms with Crippen molar-refractivity contribution in [1.82, 2.24) is 5.32 Å². The van der Waals surface area contributed by atoms with Crippen LogP contribution in [-0.4, -0.2) is 99.6 Å². The van der Waals surface area contributed by atoms with Gasteiger partial charge in [-0.05, 0) is 122 Å². The number of carbonyl (C=O) groups is 2. The number of hydrogen-bond acceptors (Lipinski definition) is 10. The topological polar surface area (TPSA) is 175 Å². The second-order valence-electron chi connectivity index (χ2n) is 23.9. The molecular formula is C78H129NO10. The van der Waals surface area contributed by atoms with Crippen LogP contribution in [0.4, 0.5) is 0 Å². The number of carbonyl (C=O) groups excluding carboxylic acids is 2. The van der Waals surface area contributed by atoms with Gasteiger partial charge in [0.15, 0.2) is 12.4 Å². The molecule has 506 valence electrons. The highest BCUT2D eigenvalue weighted by atomic mass is 16.7. The van der Waals surface area contributed by atoms with Crippen molar-refractivity contribution in [1.29, 1.82) is 0 Å². The molecule has 8 unspecified atom stereocenters.